The largest absolute Gasteiger partial charge is 0.417 e. The topological polar surface area (TPSA) is 24.7 Å². The molecule has 1 heterocycles. The molecule has 0 aromatic heterocycles. The average molecular weight is 334 g/mol. The molecule has 0 amide bonds. The van der Waals surface area contributed by atoms with E-state index in [1.54, 1.807) is 24.3 Å². The van der Waals surface area contributed by atoms with Gasteiger partial charge in [0.15, 0.2) is 0 Å². The van der Waals surface area contributed by atoms with Crippen molar-refractivity contribution in [1.29, 1.82) is 0 Å². The van der Waals surface area contributed by atoms with Crippen LogP contribution in [0.15, 0.2) is 58.5 Å². The molecule has 0 unspecified atom stereocenters. The summed E-state index contributed by atoms with van der Waals surface area (Å²) in [5.74, 6) is 0. The van der Waals surface area contributed by atoms with Crippen molar-refractivity contribution in [3.8, 4) is 0 Å². The second-order valence-corrected chi connectivity index (χ2v) is 5.81. The van der Waals surface area contributed by atoms with Crippen molar-refractivity contribution in [3.05, 3.63) is 65.2 Å². The molecular weight excluding hydrogens is 321 g/mol. The Balaban J connectivity index is 2.21. The Labute approximate surface area is 136 Å². The highest BCUT2D eigenvalue weighted by Crippen LogP contribution is 2.35. The van der Waals surface area contributed by atoms with Gasteiger partial charge in [-0.25, -0.2) is 4.99 Å². The molecule has 2 aromatic carbocycles. The Bertz CT molecular complexity index is 794. The van der Waals surface area contributed by atoms with Crippen LogP contribution in [-0.4, -0.2) is 23.6 Å². The number of hydrogen-bond donors (Lipinski definition) is 0. The Morgan fingerprint density at radius 2 is 1.61 bits per heavy atom. The van der Waals surface area contributed by atoms with Gasteiger partial charge in [-0.1, -0.05) is 36.4 Å². The minimum absolute atomic E-state index is 0.0880. The Morgan fingerprint density at radius 1 is 0.957 bits per heavy atom. The van der Waals surface area contributed by atoms with Crippen LogP contribution in [0, 0.1) is 0 Å². The molecule has 0 N–H and O–H groups in total. The van der Waals surface area contributed by atoms with Crippen molar-refractivity contribution in [3.63, 3.8) is 0 Å². The molecule has 1 aliphatic rings. The van der Waals surface area contributed by atoms with Crippen molar-refractivity contribution in [2.45, 2.75) is 6.18 Å². The smallest absolute Gasteiger partial charge is 0.277 e. The molecule has 0 saturated carbocycles. The standard InChI is InChI=1S/C17H13F3N2S/c1-23-15-10-21-16(12-7-3-5-9-14(12)22-15)11-6-2-4-8-13(11)17(18,19)20/h2-9H,10H2,1H3. The molecule has 2 nitrogen and oxygen atoms in total. The molecule has 0 atom stereocenters. The minimum atomic E-state index is -4.43. The van der Waals surface area contributed by atoms with Gasteiger partial charge in [-0.15, -0.1) is 11.8 Å². The molecule has 118 valence electrons. The number of fused-ring (bicyclic) bond motifs is 1. The van der Waals surface area contributed by atoms with E-state index in [0.29, 0.717) is 17.0 Å². The van der Waals surface area contributed by atoms with Crippen LogP contribution in [0.1, 0.15) is 16.7 Å². The lowest BCUT2D eigenvalue weighted by Gasteiger charge is -2.15. The molecule has 6 heteroatoms. The van der Waals surface area contributed by atoms with Gasteiger partial charge in [0.2, 0.25) is 0 Å². The van der Waals surface area contributed by atoms with Gasteiger partial charge < -0.3 is 0 Å². The van der Waals surface area contributed by atoms with Gasteiger partial charge in [0.05, 0.1) is 28.6 Å². The number of rotatable bonds is 1. The first-order valence-corrected chi connectivity index (χ1v) is 8.15. The van der Waals surface area contributed by atoms with Gasteiger partial charge in [0.25, 0.3) is 0 Å². The van der Waals surface area contributed by atoms with Crippen LogP contribution in [0.3, 0.4) is 0 Å². The fraction of sp³-hybridized carbons (Fsp3) is 0.176. The average Bonchev–Trinajstić information content (AvgIpc) is 2.73. The third kappa shape index (κ3) is 3.17. The summed E-state index contributed by atoms with van der Waals surface area (Å²) in [5.41, 5.74) is 1.01. The highest BCUT2D eigenvalue weighted by Gasteiger charge is 2.34. The van der Waals surface area contributed by atoms with Gasteiger partial charge in [-0.2, -0.15) is 13.2 Å². The molecule has 3 rings (SSSR count). The van der Waals surface area contributed by atoms with Crippen LogP contribution >= 0.6 is 11.8 Å². The Hall–Kier alpha value is -2.08. The molecule has 1 aliphatic heterocycles. The highest BCUT2D eigenvalue weighted by atomic mass is 32.2. The Morgan fingerprint density at radius 3 is 2.30 bits per heavy atom. The van der Waals surface area contributed by atoms with E-state index in [1.165, 1.54) is 23.9 Å². The summed E-state index contributed by atoms with van der Waals surface area (Å²) in [4.78, 5) is 8.94. The third-order valence-electron chi connectivity index (χ3n) is 3.50. The number of alkyl halides is 3. The zero-order chi connectivity index (χ0) is 16.4. The number of para-hydroxylation sites is 1. The number of benzene rings is 2. The van der Waals surface area contributed by atoms with Gasteiger partial charge in [-0.05, 0) is 18.4 Å². The lowest BCUT2D eigenvalue weighted by atomic mass is 9.96. The summed E-state index contributed by atoms with van der Waals surface area (Å²) in [6, 6.07) is 12.7. The summed E-state index contributed by atoms with van der Waals surface area (Å²) >= 11 is 1.45. The van der Waals surface area contributed by atoms with Crippen LogP contribution < -0.4 is 0 Å². The van der Waals surface area contributed by atoms with E-state index < -0.39 is 11.7 Å². The summed E-state index contributed by atoms with van der Waals surface area (Å²) in [6.07, 6.45) is -2.55. The van der Waals surface area contributed by atoms with E-state index in [1.807, 2.05) is 12.3 Å². The van der Waals surface area contributed by atoms with Crippen molar-refractivity contribution >= 4 is 28.2 Å². The van der Waals surface area contributed by atoms with Crippen molar-refractivity contribution in [1.82, 2.24) is 0 Å². The van der Waals surface area contributed by atoms with Crippen molar-refractivity contribution in [2.24, 2.45) is 9.98 Å². The number of thioether (sulfide) groups is 1. The summed E-state index contributed by atoms with van der Waals surface area (Å²) in [5, 5.41) is 0.775. The van der Waals surface area contributed by atoms with E-state index in [0.717, 1.165) is 11.1 Å². The first-order chi connectivity index (χ1) is 11.0. The minimum Gasteiger partial charge on any atom is -0.277 e. The normalized spacial score (nSPS) is 14.6. The maximum absolute atomic E-state index is 13.3. The molecular formula is C17H13F3N2S. The number of nitrogens with zero attached hydrogens (tertiary/aromatic N) is 2. The van der Waals surface area contributed by atoms with Crippen LogP contribution in [0.4, 0.5) is 18.9 Å². The first-order valence-electron chi connectivity index (χ1n) is 6.92. The lowest BCUT2D eigenvalue weighted by molar-refractivity contribution is -0.137. The first kappa shape index (κ1) is 15.8. The van der Waals surface area contributed by atoms with Gasteiger partial charge in [0, 0.05) is 11.1 Å². The highest BCUT2D eigenvalue weighted by molar-refractivity contribution is 8.13. The quantitative estimate of drug-likeness (QED) is 0.724. The van der Waals surface area contributed by atoms with Gasteiger partial charge in [0.1, 0.15) is 0 Å². The fourth-order valence-electron chi connectivity index (χ4n) is 2.45. The zero-order valence-electron chi connectivity index (χ0n) is 12.3. The van der Waals surface area contributed by atoms with Gasteiger partial charge >= 0.3 is 6.18 Å². The SMILES string of the molecule is CSC1=Nc2ccccc2C(c2ccccc2C(F)(F)F)=NC1. The maximum Gasteiger partial charge on any atom is 0.417 e. The predicted molar refractivity (Wildman–Crippen MR) is 89.0 cm³/mol. The Kier molecular flexibility index (Phi) is 4.26. The number of hydrogen-bond acceptors (Lipinski definition) is 3. The van der Waals surface area contributed by atoms with E-state index in [-0.39, 0.29) is 12.1 Å². The molecule has 0 aliphatic carbocycles. The molecule has 23 heavy (non-hydrogen) atoms. The van der Waals surface area contributed by atoms with Crippen LogP contribution in [0.25, 0.3) is 0 Å². The molecule has 2 aromatic rings. The third-order valence-corrected chi connectivity index (χ3v) is 4.19. The van der Waals surface area contributed by atoms with Crippen LogP contribution in [0.5, 0.6) is 0 Å². The molecule has 0 radical (unpaired) electrons. The second kappa shape index (κ2) is 6.20. The van der Waals surface area contributed by atoms with Crippen molar-refractivity contribution < 1.29 is 13.2 Å². The van der Waals surface area contributed by atoms with Gasteiger partial charge in [-0.3, -0.25) is 4.99 Å². The molecule has 0 fully saturated rings. The maximum atomic E-state index is 13.3. The monoisotopic (exact) mass is 334 g/mol. The van der Waals surface area contributed by atoms with E-state index in [4.69, 9.17) is 0 Å². The van der Waals surface area contributed by atoms with E-state index in [9.17, 15) is 13.2 Å². The summed E-state index contributed by atoms with van der Waals surface area (Å²) in [6.45, 7) is 0.275. The molecule has 0 bridgehead atoms. The number of aliphatic imine (C=N–C) groups is 2. The van der Waals surface area contributed by atoms with Crippen LogP contribution in [-0.2, 0) is 6.18 Å². The molecule has 0 saturated heterocycles. The second-order valence-electron chi connectivity index (χ2n) is 4.93. The van der Waals surface area contributed by atoms with E-state index >= 15 is 0 Å². The van der Waals surface area contributed by atoms with Crippen LogP contribution in [0.2, 0.25) is 0 Å². The fourth-order valence-corrected chi connectivity index (χ4v) is 2.83. The lowest BCUT2D eigenvalue weighted by Crippen LogP contribution is -2.15. The summed E-state index contributed by atoms with van der Waals surface area (Å²) in [7, 11) is 0. The number of halogens is 3. The molecule has 0 spiro atoms. The van der Waals surface area contributed by atoms with Crippen molar-refractivity contribution in [2.75, 3.05) is 12.8 Å². The zero-order valence-corrected chi connectivity index (χ0v) is 13.1. The summed E-state index contributed by atoms with van der Waals surface area (Å²) < 4.78 is 40.0. The predicted octanol–water partition coefficient (Wildman–Crippen LogP) is 4.95. The van der Waals surface area contributed by atoms with E-state index in [2.05, 4.69) is 9.98 Å².